The number of rotatable bonds is 14. The maximum absolute atomic E-state index is 2.40. The summed E-state index contributed by atoms with van der Waals surface area (Å²) in [6.07, 6.45) is 25.1. The molecule has 0 heteroatoms. The first kappa shape index (κ1) is 17.7. The molecule has 0 spiro atoms. The number of hydrogen-bond donors (Lipinski definition) is 0. The highest BCUT2D eigenvalue weighted by molar-refractivity contribution is 4.81. The molecule has 0 aromatic carbocycles. The second-order valence-electron chi connectivity index (χ2n) is 5.43. The van der Waals surface area contributed by atoms with E-state index in [0.717, 1.165) is 0 Å². The minimum absolute atomic E-state index is 1.30. The van der Waals surface area contributed by atoms with E-state index < -0.39 is 0 Å². The van der Waals surface area contributed by atoms with Crippen LogP contribution in [0.2, 0.25) is 0 Å². The lowest BCUT2D eigenvalue weighted by Crippen LogP contribution is -1.80. The van der Waals surface area contributed by atoms with E-state index in [1.807, 2.05) is 0 Å². The van der Waals surface area contributed by atoms with Crippen LogP contribution >= 0.6 is 0 Å². The van der Waals surface area contributed by atoms with Crippen LogP contribution in [0, 0.1) is 6.42 Å². The van der Waals surface area contributed by atoms with Crippen molar-refractivity contribution in [3.8, 4) is 0 Å². The average Bonchev–Trinajstić information content (AvgIpc) is 2.39. The van der Waals surface area contributed by atoms with Crippen molar-refractivity contribution in [2.24, 2.45) is 0 Å². The largest absolute Gasteiger partial charge is 0.0885 e. The van der Waals surface area contributed by atoms with Crippen LogP contribution in [0.4, 0.5) is 0 Å². The van der Waals surface area contributed by atoms with E-state index in [-0.39, 0.29) is 0 Å². The van der Waals surface area contributed by atoms with Gasteiger partial charge in [-0.15, -0.1) is 0 Å². The summed E-state index contributed by atoms with van der Waals surface area (Å²) in [7, 11) is 0. The Hall–Kier alpha value is -0.260. The third kappa shape index (κ3) is 15.7. The zero-order valence-electron chi connectivity index (χ0n) is 12.9. The maximum Gasteiger partial charge on any atom is -0.0351 e. The van der Waals surface area contributed by atoms with Crippen LogP contribution in [-0.2, 0) is 0 Å². The molecule has 0 aromatic heterocycles. The summed E-state index contributed by atoms with van der Waals surface area (Å²) in [5.74, 6) is 0. The van der Waals surface area contributed by atoms with Crippen LogP contribution in [0.25, 0.3) is 0 Å². The van der Waals surface area contributed by atoms with Gasteiger partial charge >= 0.3 is 0 Å². The van der Waals surface area contributed by atoms with Crippen LogP contribution in [-0.4, -0.2) is 0 Å². The van der Waals surface area contributed by atoms with Gasteiger partial charge in [0.05, 0.1) is 0 Å². The van der Waals surface area contributed by atoms with Gasteiger partial charge in [0.2, 0.25) is 0 Å². The van der Waals surface area contributed by atoms with E-state index in [9.17, 15) is 0 Å². The Morgan fingerprint density at radius 1 is 0.556 bits per heavy atom. The normalized spacial score (nSPS) is 11.4. The molecule has 0 aliphatic heterocycles. The molecule has 0 amide bonds. The Morgan fingerprint density at radius 3 is 1.50 bits per heavy atom. The van der Waals surface area contributed by atoms with Crippen molar-refractivity contribution in [1.29, 1.82) is 0 Å². The van der Waals surface area contributed by atoms with Gasteiger partial charge in [0.25, 0.3) is 0 Å². The molecule has 0 aromatic rings. The van der Waals surface area contributed by atoms with E-state index >= 15 is 0 Å². The van der Waals surface area contributed by atoms with Crippen molar-refractivity contribution in [2.45, 2.75) is 97.3 Å². The lowest BCUT2D eigenvalue weighted by Gasteiger charge is -1.99. The first-order chi connectivity index (χ1) is 8.91. The molecule has 0 atom stereocenters. The quantitative estimate of drug-likeness (QED) is 0.234. The Balaban J connectivity index is 2.99. The van der Waals surface area contributed by atoms with Crippen LogP contribution < -0.4 is 0 Å². The van der Waals surface area contributed by atoms with Gasteiger partial charge < -0.3 is 0 Å². The van der Waals surface area contributed by atoms with E-state index in [1.165, 1.54) is 83.5 Å². The molecule has 0 aliphatic rings. The minimum atomic E-state index is 1.30. The fourth-order valence-electron chi connectivity index (χ4n) is 2.24. The van der Waals surface area contributed by atoms with Crippen molar-refractivity contribution in [1.82, 2.24) is 0 Å². The van der Waals surface area contributed by atoms with Crippen molar-refractivity contribution in [3.05, 3.63) is 18.6 Å². The third-order valence-corrected chi connectivity index (χ3v) is 3.50. The molecule has 0 N–H and O–H groups in total. The average molecular weight is 251 g/mol. The summed E-state index contributed by atoms with van der Waals surface area (Å²) in [4.78, 5) is 0. The predicted octanol–water partition coefficient (Wildman–Crippen LogP) is 6.86. The molecule has 1 radical (unpaired) electrons. The molecule has 0 heterocycles. The second kappa shape index (κ2) is 16.7. The summed E-state index contributed by atoms with van der Waals surface area (Å²) in [5, 5.41) is 0. The topological polar surface area (TPSA) is 0 Å². The monoisotopic (exact) mass is 251 g/mol. The van der Waals surface area contributed by atoms with Gasteiger partial charge in [0.1, 0.15) is 0 Å². The lowest BCUT2D eigenvalue weighted by molar-refractivity contribution is 0.594. The van der Waals surface area contributed by atoms with Gasteiger partial charge in [-0.25, -0.2) is 0 Å². The number of unbranched alkanes of at least 4 members (excludes halogenated alkanes) is 12. The van der Waals surface area contributed by atoms with Crippen molar-refractivity contribution < 1.29 is 0 Å². The van der Waals surface area contributed by atoms with Crippen LogP contribution in [0.5, 0.6) is 0 Å². The fourth-order valence-corrected chi connectivity index (χ4v) is 2.24. The van der Waals surface area contributed by atoms with E-state index in [4.69, 9.17) is 0 Å². The third-order valence-electron chi connectivity index (χ3n) is 3.50. The SMILES string of the molecule is C[CH]CCCCCCCC/C=C/CCCCCC. The summed E-state index contributed by atoms with van der Waals surface area (Å²) in [5.41, 5.74) is 0. The standard InChI is InChI=1S/C18H35/c1-3-5-7-9-11-13-15-17-18-16-14-12-10-8-6-4-2/h3,14,16H,4-13,15,17-18H2,1-2H3/b16-14+. The highest BCUT2D eigenvalue weighted by atomic mass is 14.0. The van der Waals surface area contributed by atoms with Gasteiger partial charge in [0, 0.05) is 0 Å². The Bertz CT molecular complexity index is 157. The molecule has 0 aliphatic carbocycles. The van der Waals surface area contributed by atoms with Gasteiger partial charge in [0.15, 0.2) is 0 Å². The Kier molecular flexibility index (Phi) is 16.5. The first-order valence-corrected chi connectivity index (χ1v) is 8.34. The van der Waals surface area contributed by atoms with Gasteiger partial charge in [-0.3, -0.25) is 0 Å². The molecule has 0 saturated carbocycles. The van der Waals surface area contributed by atoms with Crippen molar-refractivity contribution >= 4 is 0 Å². The zero-order chi connectivity index (χ0) is 13.3. The second-order valence-corrected chi connectivity index (χ2v) is 5.43. The Morgan fingerprint density at radius 2 is 1.00 bits per heavy atom. The molecule has 0 fully saturated rings. The molecule has 0 rings (SSSR count). The number of allylic oxidation sites excluding steroid dienone is 2. The van der Waals surface area contributed by atoms with Crippen molar-refractivity contribution in [3.63, 3.8) is 0 Å². The molecule has 0 bridgehead atoms. The summed E-state index contributed by atoms with van der Waals surface area (Å²) in [6.45, 7) is 4.44. The number of hydrogen-bond acceptors (Lipinski definition) is 0. The van der Waals surface area contributed by atoms with Gasteiger partial charge in [-0.05, 0) is 32.1 Å². The highest BCUT2D eigenvalue weighted by Crippen LogP contribution is 2.10. The fraction of sp³-hybridized carbons (Fsp3) is 0.833. The first-order valence-electron chi connectivity index (χ1n) is 8.34. The molecule has 107 valence electrons. The smallest absolute Gasteiger partial charge is 0.0351 e. The zero-order valence-corrected chi connectivity index (χ0v) is 12.9. The Labute approximate surface area is 116 Å². The summed E-state index contributed by atoms with van der Waals surface area (Å²) in [6, 6.07) is 0. The van der Waals surface area contributed by atoms with Gasteiger partial charge in [-0.1, -0.05) is 83.8 Å². The van der Waals surface area contributed by atoms with Crippen LogP contribution in [0.3, 0.4) is 0 Å². The molecular weight excluding hydrogens is 216 g/mol. The van der Waals surface area contributed by atoms with Gasteiger partial charge in [-0.2, -0.15) is 0 Å². The van der Waals surface area contributed by atoms with E-state index in [1.54, 1.807) is 0 Å². The maximum atomic E-state index is 2.40. The predicted molar refractivity (Wildman–Crippen MR) is 84.8 cm³/mol. The molecule has 18 heavy (non-hydrogen) atoms. The summed E-state index contributed by atoms with van der Waals surface area (Å²) < 4.78 is 0. The summed E-state index contributed by atoms with van der Waals surface area (Å²) >= 11 is 0. The highest BCUT2D eigenvalue weighted by Gasteiger charge is 1.90. The van der Waals surface area contributed by atoms with Crippen LogP contribution in [0.15, 0.2) is 12.2 Å². The molecule has 0 saturated heterocycles. The molecule has 0 nitrogen and oxygen atoms in total. The molecular formula is C18H35. The van der Waals surface area contributed by atoms with E-state index in [0.29, 0.717) is 0 Å². The van der Waals surface area contributed by atoms with Crippen molar-refractivity contribution in [2.75, 3.05) is 0 Å². The van der Waals surface area contributed by atoms with E-state index in [2.05, 4.69) is 32.4 Å². The lowest BCUT2D eigenvalue weighted by atomic mass is 10.1. The molecule has 0 unspecified atom stereocenters. The minimum Gasteiger partial charge on any atom is -0.0885 e. The van der Waals surface area contributed by atoms with Crippen LogP contribution in [0.1, 0.15) is 97.3 Å².